The predicted molar refractivity (Wildman–Crippen MR) is 94.0 cm³/mol. The normalized spacial score (nSPS) is 10.4. The van der Waals surface area contributed by atoms with Gasteiger partial charge in [-0.15, -0.1) is 0 Å². The van der Waals surface area contributed by atoms with E-state index in [2.05, 4.69) is 32.6 Å². The number of amides is 1. The molecule has 0 saturated heterocycles. The Balaban J connectivity index is 2.20. The van der Waals surface area contributed by atoms with Crippen molar-refractivity contribution in [1.29, 1.82) is 0 Å². The van der Waals surface area contributed by atoms with Crippen molar-refractivity contribution in [2.24, 2.45) is 0 Å². The largest absolute Gasteiger partial charge is 0.435 e. The maximum absolute atomic E-state index is 11.3. The van der Waals surface area contributed by atoms with Crippen LogP contribution in [0.1, 0.15) is 57.4 Å². The number of carbonyl (C=O) groups excluding carboxylic acids is 1. The molecule has 1 rings (SSSR count). The highest BCUT2D eigenvalue weighted by atomic mass is 32.2. The van der Waals surface area contributed by atoms with Gasteiger partial charge in [-0.25, -0.2) is 4.79 Å². The summed E-state index contributed by atoms with van der Waals surface area (Å²) in [6.07, 6.45) is 9.67. The highest BCUT2D eigenvalue weighted by molar-refractivity contribution is 7.94. The molecule has 5 heteroatoms. The molecule has 0 bridgehead atoms. The second kappa shape index (κ2) is 10.9. The number of nitrogens with zero attached hydrogens (tertiary/aromatic N) is 1. The van der Waals surface area contributed by atoms with Crippen LogP contribution in [0.5, 0.6) is 5.75 Å². The van der Waals surface area contributed by atoms with E-state index in [1.807, 2.05) is 12.1 Å². The predicted octanol–water partition coefficient (Wildman–Crippen LogP) is 5.47. The minimum Gasteiger partial charge on any atom is -0.409 e. The molecule has 0 aromatic heterocycles. The van der Waals surface area contributed by atoms with Gasteiger partial charge >= 0.3 is 6.09 Å². The summed E-state index contributed by atoms with van der Waals surface area (Å²) < 4.78 is 5.86. The van der Waals surface area contributed by atoms with Crippen LogP contribution in [0.2, 0.25) is 0 Å². The average molecular weight is 328 g/mol. The molecule has 0 saturated carbocycles. The second-order valence-corrected chi connectivity index (χ2v) is 6.29. The minimum atomic E-state index is -0.610. The van der Waals surface area contributed by atoms with Crippen molar-refractivity contribution >= 4 is 31.7 Å². The summed E-state index contributed by atoms with van der Waals surface area (Å²) in [5, 5.41) is 0. The molecule has 1 amide bonds. The molecule has 118 valence electrons. The number of ether oxygens (including phenoxy) is 1. The van der Waals surface area contributed by atoms with Crippen molar-refractivity contribution in [3.05, 3.63) is 29.8 Å². The van der Waals surface area contributed by atoms with Crippen LogP contribution >= 0.6 is 25.6 Å². The molecule has 0 unspecified atom stereocenters. The Morgan fingerprint density at radius 3 is 2.14 bits per heavy atom. The van der Waals surface area contributed by atoms with Crippen LogP contribution < -0.4 is 4.74 Å². The van der Waals surface area contributed by atoms with Crippen molar-refractivity contribution in [2.75, 3.05) is 0 Å². The first-order chi connectivity index (χ1) is 10.1. The fourth-order valence-electron chi connectivity index (χ4n) is 2.15. The third kappa shape index (κ3) is 8.27. The number of thiol groups is 2. The van der Waals surface area contributed by atoms with E-state index in [1.54, 1.807) is 12.1 Å². The zero-order valence-electron chi connectivity index (χ0n) is 12.6. The molecule has 1 aromatic rings. The Morgan fingerprint density at radius 2 is 1.57 bits per heavy atom. The van der Waals surface area contributed by atoms with Gasteiger partial charge < -0.3 is 4.74 Å². The zero-order chi connectivity index (χ0) is 15.5. The lowest BCUT2D eigenvalue weighted by Gasteiger charge is -2.08. The molecule has 21 heavy (non-hydrogen) atoms. The fourth-order valence-corrected chi connectivity index (χ4v) is 2.23. The Morgan fingerprint density at radius 1 is 1.00 bits per heavy atom. The van der Waals surface area contributed by atoms with E-state index in [1.165, 1.54) is 50.5 Å². The summed E-state index contributed by atoms with van der Waals surface area (Å²) in [6.45, 7) is 2.24. The summed E-state index contributed by atoms with van der Waals surface area (Å²) in [5.74, 6) is 0.511. The van der Waals surface area contributed by atoms with E-state index >= 15 is 0 Å². The number of carbonyl (C=O) groups is 1. The SMILES string of the molecule is CCCCCCCCCc1ccc(OC(=O)N(S)S)cc1. The lowest BCUT2D eigenvalue weighted by Crippen LogP contribution is -2.16. The maximum Gasteiger partial charge on any atom is 0.435 e. The van der Waals surface area contributed by atoms with Crippen molar-refractivity contribution < 1.29 is 9.53 Å². The summed E-state index contributed by atoms with van der Waals surface area (Å²) in [5.41, 5.74) is 1.27. The van der Waals surface area contributed by atoms with Gasteiger partial charge in [-0.2, -0.15) is 3.71 Å². The topological polar surface area (TPSA) is 29.5 Å². The fraction of sp³-hybridized carbons (Fsp3) is 0.562. The van der Waals surface area contributed by atoms with Gasteiger partial charge in [0, 0.05) is 0 Å². The Bertz CT molecular complexity index is 407. The Labute approximate surface area is 139 Å². The van der Waals surface area contributed by atoms with E-state index in [0.717, 1.165) is 10.1 Å². The Hall–Kier alpha value is -0.810. The van der Waals surface area contributed by atoms with Crippen LogP contribution in [0.15, 0.2) is 24.3 Å². The average Bonchev–Trinajstić information content (AvgIpc) is 2.48. The molecule has 0 aliphatic heterocycles. The molecule has 0 N–H and O–H groups in total. The van der Waals surface area contributed by atoms with E-state index < -0.39 is 6.09 Å². The first-order valence-corrected chi connectivity index (χ1v) is 8.42. The standard InChI is InChI=1S/C16H25NO2S2/c1-2-3-4-5-6-7-8-9-14-10-12-15(13-11-14)19-16(18)17(20)21/h10-13,20-21H,2-9H2,1H3. The van der Waals surface area contributed by atoms with Gasteiger partial charge in [-0.05, 0) is 56.2 Å². The van der Waals surface area contributed by atoms with Crippen molar-refractivity contribution in [3.8, 4) is 5.75 Å². The molecule has 0 aliphatic rings. The lowest BCUT2D eigenvalue weighted by molar-refractivity contribution is 0.197. The summed E-state index contributed by atoms with van der Waals surface area (Å²) >= 11 is 7.51. The number of hydrogen-bond donors (Lipinski definition) is 2. The molecule has 0 atom stereocenters. The summed E-state index contributed by atoms with van der Waals surface area (Å²) in [7, 11) is 0. The van der Waals surface area contributed by atoms with E-state index in [9.17, 15) is 4.79 Å². The van der Waals surface area contributed by atoms with Crippen molar-refractivity contribution in [1.82, 2.24) is 3.71 Å². The van der Waals surface area contributed by atoms with Gasteiger partial charge in [-0.1, -0.05) is 57.6 Å². The molecule has 0 spiro atoms. The number of rotatable bonds is 9. The molecule has 0 radical (unpaired) electrons. The number of hydrogen-bond acceptors (Lipinski definition) is 4. The van der Waals surface area contributed by atoms with Crippen molar-refractivity contribution in [2.45, 2.75) is 58.3 Å². The van der Waals surface area contributed by atoms with Crippen LogP contribution in [0.25, 0.3) is 0 Å². The van der Waals surface area contributed by atoms with Gasteiger partial charge in [0.15, 0.2) is 0 Å². The van der Waals surface area contributed by atoms with Crippen LogP contribution in [0.3, 0.4) is 0 Å². The number of unbranched alkanes of at least 4 members (excludes halogenated alkanes) is 6. The molecule has 0 heterocycles. The van der Waals surface area contributed by atoms with Crippen LogP contribution in [-0.4, -0.2) is 9.80 Å². The molecule has 0 fully saturated rings. The van der Waals surface area contributed by atoms with Gasteiger partial charge in [0.25, 0.3) is 0 Å². The number of benzene rings is 1. The summed E-state index contributed by atoms with van der Waals surface area (Å²) in [4.78, 5) is 11.3. The zero-order valence-corrected chi connectivity index (χ0v) is 14.4. The molecular formula is C16H25NO2S2. The van der Waals surface area contributed by atoms with Gasteiger partial charge in [0.05, 0.1) is 0 Å². The van der Waals surface area contributed by atoms with Crippen LogP contribution in [-0.2, 0) is 6.42 Å². The highest BCUT2D eigenvalue weighted by Crippen LogP contribution is 2.16. The van der Waals surface area contributed by atoms with E-state index in [0.29, 0.717) is 5.75 Å². The molecule has 3 nitrogen and oxygen atoms in total. The van der Waals surface area contributed by atoms with Gasteiger partial charge in [0.2, 0.25) is 0 Å². The van der Waals surface area contributed by atoms with E-state index in [-0.39, 0.29) is 0 Å². The quantitative estimate of drug-likeness (QED) is 0.465. The lowest BCUT2D eigenvalue weighted by atomic mass is 10.0. The summed E-state index contributed by atoms with van der Waals surface area (Å²) in [6, 6.07) is 7.61. The van der Waals surface area contributed by atoms with Crippen LogP contribution in [0, 0.1) is 0 Å². The van der Waals surface area contributed by atoms with Gasteiger partial charge in [0.1, 0.15) is 5.75 Å². The smallest absolute Gasteiger partial charge is 0.409 e. The van der Waals surface area contributed by atoms with Crippen molar-refractivity contribution in [3.63, 3.8) is 0 Å². The molecule has 0 aliphatic carbocycles. The highest BCUT2D eigenvalue weighted by Gasteiger charge is 2.08. The monoisotopic (exact) mass is 327 g/mol. The third-order valence-corrected chi connectivity index (χ3v) is 3.69. The second-order valence-electron chi connectivity index (χ2n) is 5.17. The molecule has 1 aromatic carbocycles. The number of aryl methyl sites for hydroxylation is 1. The van der Waals surface area contributed by atoms with Gasteiger partial charge in [-0.3, -0.25) is 0 Å². The van der Waals surface area contributed by atoms with Crippen LogP contribution in [0.4, 0.5) is 4.79 Å². The first-order valence-electron chi connectivity index (χ1n) is 7.62. The molecular weight excluding hydrogens is 302 g/mol. The Kier molecular flexibility index (Phi) is 9.42. The minimum absolute atomic E-state index is 0.511. The van der Waals surface area contributed by atoms with E-state index in [4.69, 9.17) is 4.74 Å². The maximum atomic E-state index is 11.3. The third-order valence-electron chi connectivity index (χ3n) is 3.36. The first kappa shape index (κ1) is 18.2.